The van der Waals surface area contributed by atoms with Crippen molar-refractivity contribution in [3.8, 4) is 0 Å². The number of benzene rings is 1. The molecule has 1 aliphatic heterocycles. The maximum atomic E-state index is 12.9. The Morgan fingerprint density at radius 2 is 2.09 bits per heavy atom. The second-order valence-corrected chi connectivity index (χ2v) is 6.66. The normalized spacial score (nSPS) is 18.0. The van der Waals surface area contributed by atoms with E-state index in [9.17, 15) is 4.79 Å². The summed E-state index contributed by atoms with van der Waals surface area (Å²) in [5, 5.41) is 2.59. The van der Waals surface area contributed by atoms with Crippen molar-refractivity contribution in [2.75, 3.05) is 29.9 Å². The quantitative estimate of drug-likeness (QED) is 0.924. The number of amides is 1. The first-order valence-corrected chi connectivity index (χ1v) is 8.24. The molecule has 0 unspecified atom stereocenters. The Hall–Kier alpha value is -1.92. The van der Waals surface area contributed by atoms with Gasteiger partial charge in [0, 0.05) is 32.1 Å². The highest BCUT2D eigenvalue weighted by atomic mass is 32.1. The molecule has 116 valence electrons. The van der Waals surface area contributed by atoms with Gasteiger partial charge in [0.25, 0.3) is 5.91 Å². The molecule has 22 heavy (non-hydrogen) atoms. The third-order valence-corrected chi connectivity index (χ3v) is 4.73. The Labute approximate surface area is 134 Å². The molecule has 1 aromatic heterocycles. The van der Waals surface area contributed by atoms with Crippen LogP contribution in [-0.4, -0.2) is 31.0 Å². The van der Waals surface area contributed by atoms with E-state index in [-0.39, 0.29) is 5.91 Å². The Morgan fingerprint density at radius 1 is 1.36 bits per heavy atom. The van der Waals surface area contributed by atoms with Gasteiger partial charge in [-0.15, -0.1) is 11.3 Å². The van der Waals surface area contributed by atoms with Gasteiger partial charge in [-0.05, 0) is 18.1 Å². The fourth-order valence-corrected chi connectivity index (χ4v) is 3.53. The zero-order valence-electron chi connectivity index (χ0n) is 12.8. The molecule has 2 aromatic rings. The summed E-state index contributed by atoms with van der Waals surface area (Å²) >= 11 is 1.44. The standard InChI is InChI=1S/C16H20N4OS/c1-11-8-19(2)13-5-3-4-6-14(13)20(9-11)16(21)12-10-22-15(7-17)18-12/h3-6,10-11H,7-9,17H2,1-2H3/t11-/m0/s1. The molecule has 0 fully saturated rings. The van der Waals surface area contributed by atoms with Crippen LogP contribution in [0.2, 0.25) is 0 Å². The molecule has 0 saturated heterocycles. The molecule has 1 amide bonds. The fraction of sp³-hybridized carbons (Fsp3) is 0.375. The van der Waals surface area contributed by atoms with Crippen molar-refractivity contribution in [2.45, 2.75) is 13.5 Å². The van der Waals surface area contributed by atoms with E-state index < -0.39 is 0 Å². The maximum absolute atomic E-state index is 12.9. The highest BCUT2D eigenvalue weighted by Gasteiger charge is 2.28. The molecule has 0 spiro atoms. The van der Waals surface area contributed by atoms with Crippen molar-refractivity contribution in [1.82, 2.24) is 4.98 Å². The van der Waals surface area contributed by atoms with E-state index in [4.69, 9.17) is 5.73 Å². The summed E-state index contributed by atoms with van der Waals surface area (Å²) < 4.78 is 0. The number of thiazole rings is 1. The summed E-state index contributed by atoms with van der Waals surface area (Å²) in [6.07, 6.45) is 0. The van der Waals surface area contributed by atoms with E-state index in [0.717, 1.165) is 22.9 Å². The lowest BCUT2D eigenvalue weighted by Crippen LogP contribution is -2.35. The molecule has 0 aliphatic carbocycles. The minimum Gasteiger partial charge on any atom is -0.373 e. The van der Waals surface area contributed by atoms with Crippen LogP contribution >= 0.6 is 11.3 Å². The third kappa shape index (κ3) is 2.71. The van der Waals surface area contributed by atoms with E-state index in [1.165, 1.54) is 11.3 Å². The van der Waals surface area contributed by atoms with Crippen LogP contribution in [0.4, 0.5) is 11.4 Å². The predicted molar refractivity (Wildman–Crippen MR) is 90.6 cm³/mol. The smallest absolute Gasteiger partial charge is 0.277 e. The van der Waals surface area contributed by atoms with Crippen LogP contribution in [0, 0.1) is 5.92 Å². The molecule has 2 heterocycles. The fourth-order valence-electron chi connectivity index (χ4n) is 2.88. The number of nitrogens with zero attached hydrogens (tertiary/aromatic N) is 3. The largest absolute Gasteiger partial charge is 0.373 e. The van der Waals surface area contributed by atoms with Gasteiger partial charge in [0.15, 0.2) is 0 Å². The average Bonchev–Trinajstić information content (AvgIpc) is 2.96. The van der Waals surface area contributed by atoms with Crippen LogP contribution in [-0.2, 0) is 6.54 Å². The van der Waals surface area contributed by atoms with Crippen molar-refractivity contribution < 1.29 is 4.79 Å². The minimum absolute atomic E-state index is 0.0504. The Bertz CT molecular complexity index is 684. The van der Waals surface area contributed by atoms with E-state index in [0.29, 0.717) is 24.7 Å². The number of hydrogen-bond acceptors (Lipinski definition) is 5. The van der Waals surface area contributed by atoms with Crippen LogP contribution in [0.15, 0.2) is 29.6 Å². The van der Waals surface area contributed by atoms with Gasteiger partial charge in [-0.3, -0.25) is 4.79 Å². The van der Waals surface area contributed by atoms with Gasteiger partial charge in [-0.2, -0.15) is 0 Å². The number of hydrogen-bond donors (Lipinski definition) is 1. The number of carbonyl (C=O) groups is 1. The van der Waals surface area contributed by atoms with Gasteiger partial charge in [-0.1, -0.05) is 19.1 Å². The summed E-state index contributed by atoms with van der Waals surface area (Å²) in [4.78, 5) is 21.3. The Morgan fingerprint density at radius 3 is 2.77 bits per heavy atom. The molecule has 0 saturated carbocycles. The first kappa shape index (κ1) is 15.0. The van der Waals surface area contributed by atoms with E-state index in [2.05, 4.69) is 29.9 Å². The zero-order chi connectivity index (χ0) is 15.7. The summed E-state index contributed by atoms with van der Waals surface area (Å²) in [6.45, 7) is 4.14. The average molecular weight is 316 g/mol. The summed E-state index contributed by atoms with van der Waals surface area (Å²) in [6, 6.07) is 8.02. The summed E-state index contributed by atoms with van der Waals surface area (Å²) in [5.41, 5.74) is 8.11. The van der Waals surface area contributed by atoms with Crippen molar-refractivity contribution >= 4 is 28.6 Å². The summed E-state index contributed by atoms with van der Waals surface area (Å²) in [5.74, 6) is 0.333. The lowest BCUT2D eigenvalue weighted by molar-refractivity contribution is 0.0980. The molecule has 5 nitrogen and oxygen atoms in total. The van der Waals surface area contributed by atoms with Gasteiger partial charge < -0.3 is 15.5 Å². The predicted octanol–water partition coefficient (Wildman–Crippen LogP) is 2.33. The number of para-hydroxylation sites is 2. The molecule has 0 radical (unpaired) electrons. The molecular weight excluding hydrogens is 296 g/mol. The van der Waals surface area contributed by atoms with Gasteiger partial charge in [0.2, 0.25) is 0 Å². The SMILES string of the molecule is C[C@H]1CN(C)c2ccccc2N(C(=O)c2csc(CN)n2)C1. The Kier molecular flexibility index (Phi) is 4.13. The van der Waals surface area contributed by atoms with Crippen LogP contribution < -0.4 is 15.5 Å². The zero-order valence-corrected chi connectivity index (χ0v) is 13.6. The number of fused-ring (bicyclic) bond motifs is 1. The molecule has 1 aromatic carbocycles. The molecule has 2 N–H and O–H groups in total. The van der Waals surface area contributed by atoms with Gasteiger partial charge in [0.05, 0.1) is 11.4 Å². The van der Waals surface area contributed by atoms with E-state index in [1.54, 1.807) is 5.38 Å². The number of rotatable bonds is 2. The molecule has 3 rings (SSSR count). The molecule has 1 aliphatic rings. The van der Waals surface area contributed by atoms with Gasteiger partial charge in [0.1, 0.15) is 10.7 Å². The summed E-state index contributed by atoms with van der Waals surface area (Å²) in [7, 11) is 2.07. The Balaban J connectivity index is 2.00. The molecular formula is C16H20N4OS. The van der Waals surface area contributed by atoms with Crippen LogP contribution in [0.5, 0.6) is 0 Å². The number of carbonyl (C=O) groups excluding carboxylic acids is 1. The lowest BCUT2D eigenvalue weighted by atomic mass is 10.1. The van der Waals surface area contributed by atoms with Crippen molar-refractivity contribution in [3.63, 3.8) is 0 Å². The number of aromatic nitrogens is 1. The van der Waals surface area contributed by atoms with Crippen molar-refractivity contribution in [1.29, 1.82) is 0 Å². The lowest BCUT2D eigenvalue weighted by Gasteiger charge is -2.23. The van der Waals surface area contributed by atoms with Crippen LogP contribution in [0.3, 0.4) is 0 Å². The van der Waals surface area contributed by atoms with Crippen LogP contribution in [0.25, 0.3) is 0 Å². The monoisotopic (exact) mass is 316 g/mol. The highest BCUT2D eigenvalue weighted by molar-refractivity contribution is 7.09. The second kappa shape index (κ2) is 6.06. The molecule has 0 bridgehead atoms. The van der Waals surface area contributed by atoms with Crippen molar-refractivity contribution in [3.05, 3.63) is 40.3 Å². The van der Waals surface area contributed by atoms with Gasteiger partial charge >= 0.3 is 0 Å². The topological polar surface area (TPSA) is 62.5 Å². The van der Waals surface area contributed by atoms with Crippen LogP contribution in [0.1, 0.15) is 22.4 Å². The number of nitrogens with two attached hydrogens (primary N) is 1. The van der Waals surface area contributed by atoms with E-state index in [1.807, 2.05) is 23.1 Å². The first-order chi connectivity index (χ1) is 10.6. The van der Waals surface area contributed by atoms with Gasteiger partial charge in [-0.25, -0.2) is 4.98 Å². The maximum Gasteiger partial charge on any atom is 0.277 e. The first-order valence-electron chi connectivity index (χ1n) is 7.36. The minimum atomic E-state index is -0.0504. The molecule has 1 atom stereocenters. The highest BCUT2D eigenvalue weighted by Crippen LogP contribution is 2.33. The molecule has 6 heteroatoms. The van der Waals surface area contributed by atoms with Crippen molar-refractivity contribution in [2.24, 2.45) is 11.7 Å². The third-order valence-electron chi connectivity index (χ3n) is 3.85. The van der Waals surface area contributed by atoms with E-state index >= 15 is 0 Å². The number of anilines is 2. The second-order valence-electron chi connectivity index (χ2n) is 5.72.